The lowest BCUT2D eigenvalue weighted by molar-refractivity contribution is 0.0742. The van der Waals surface area contributed by atoms with Gasteiger partial charge in [0.2, 0.25) is 0 Å². The maximum atomic E-state index is 13.1. The topological polar surface area (TPSA) is 25.2 Å². The van der Waals surface area contributed by atoms with Gasteiger partial charge in [-0.3, -0.25) is 4.79 Å². The highest BCUT2D eigenvalue weighted by Gasteiger charge is 2.18. The van der Waals surface area contributed by atoms with Crippen molar-refractivity contribution >= 4 is 16.7 Å². The van der Waals surface area contributed by atoms with Crippen molar-refractivity contribution < 1.29 is 4.79 Å². The summed E-state index contributed by atoms with van der Waals surface area (Å²) in [7, 11) is 2.02. The molecule has 3 rings (SSSR count). The molecule has 0 saturated carbocycles. The molecule has 0 aliphatic rings. The molecule has 0 aliphatic carbocycles. The summed E-state index contributed by atoms with van der Waals surface area (Å²) in [6.45, 7) is 3.50. The summed E-state index contributed by atoms with van der Waals surface area (Å²) in [5, 5.41) is 2.13. The van der Waals surface area contributed by atoms with Crippen molar-refractivity contribution in [3.63, 3.8) is 0 Å². The van der Waals surface area contributed by atoms with Crippen molar-refractivity contribution in [1.29, 1.82) is 0 Å². The molecule has 1 amide bonds. The van der Waals surface area contributed by atoms with E-state index in [4.69, 9.17) is 0 Å². The summed E-state index contributed by atoms with van der Waals surface area (Å²) >= 11 is 0. The van der Waals surface area contributed by atoms with Crippen LogP contribution in [0.1, 0.15) is 29.4 Å². The Morgan fingerprint density at radius 1 is 1.04 bits per heavy atom. The molecule has 2 aromatic carbocycles. The van der Waals surface area contributed by atoms with Gasteiger partial charge in [-0.25, -0.2) is 0 Å². The molecule has 3 heteroatoms. The van der Waals surface area contributed by atoms with Gasteiger partial charge in [-0.1, -0.05) is 43.3 Å². The van der Waals surface area contributed by atoms with Crippen molar-refractivity contribution in [1.82, 2.24) is 9.47 Å². The van der Waals surface area contributed by atoms with Gasteiger partial charge in [0.15, 0.2) is 0 Å². The van der Waals surface area contributed by atoms with E-state index in [-0.39, 0.29) is 5.91 Å². The highest BCUT2D eigenvalue weighted by Crippen LogP contribution is 2.21. The molecule has 1 aromatic heterocycles. The lowest BCUT2D eigenvalue weighted by Crippen LogP contribution is -2.32. The Bertz CT molecular complexity index is 814. The molecule has 0 aliphatic heterocycles. The Morgan fingerprint density at radius 3 is 2.57 bits per heavy atom. The first-order valence-corrected chi connectivity index (χ1v) is 8.08. The average molecular weight is 306 g/mol. The third-order valence-electron chi connectivity index (χ3n) is 4.20. The van der Waals surface area contributed by atoms with Crippen molar-refractivity contribution in [2.75, 3.05) is 6.54 Å². The number of amides is 1. The van der Waals surface area contributed by atoms with Crippen LogP contribution >= 0.6 is 0 Å². The van der Waals surface area contributed by atoms with Gasteiger partial charge in [0, 0.05) is 31.0 Å². The van der Waals surface area contributed by atoms with Crippen LogP contribution in [0.3, 0.4) is 0 Å². The Labute approximate surface area is 137 Å². The smallest absolute Gasteiger partial charge is 0.254 e. The van der Waals surface area contributed by atoms with Crippen molar-refractivity contribution in [3.05, 3.63) is 72.1 Å². The van der Waals surface area contributed by atoms with Crippen LogP contribution in [0.2, 0.25) is 0 Å². The fourth-order valence-electron chi connectivity index (χ4n) is 2.96. The zero-order valence-electron chi connectivity index (χ0n) is 13.7. The van der Waals surface area contributed by atoms with Crippen LogP contribution in [0.4, 0.5) is 0 Å². The standard InChI is InChI=1S/C20H22N2O/c1-3-13-22(15-17-10-7-14-21(17)2)20(23)19-12-6-9-16-8-4-5-11-18(16)19/h4-12,14H,3,13,15H2,1-2H3. The monoisotopic (exact) mass is 306 g/mol. The Hall–Kier alpha value is -2.55. The van der Waals surface area contributed by atoms with Crippen LogP contribution in [-0.4, -0.2) is 21.9 Å². The first-order chi connectivity index (χ1) is 11.2. The van der Waals surface area contributed by atoms with E-state index in [1.807, 2.05) is 66.7 Å². The van der Waals surface area contributed by atoms with Crippen LogP contribution in [-0.2, 0) is 13.6 Å². The van der Waals surface area contributed by atoms with Crippen LogP contribution in [0.15, 0.2) is 60.8 Å². The fourth-order valence-corrected chi connectivity index (χ4v) is 2.96. The third-order valence-corrected chi connectivity index (χ3v) is 4.20. The van der Waals surface area contributed by atoms with Gasteiger partial charge in [0.1, 0.15) is 0 Å². The van der Waals surface area contributed by atoms with E-state index in [2.05, 4.69) is 17.6 Å². The first-order valence-electron chi connectivity index (χ1n) is 8.08. The largest absolute Gasteiger partial charge is 0.353 e. The number of hydrogen-bond acceptors (Lipinski definition) is 1. The summed E-state index contributed by atoms with van der Waals surface area (Å²) in [6.07, 6.45) is 2.96. The van der Waals surface area contributed by atoms with Crippen molar-refractivity contribution in [2.45, 2.75) is 19.9 Å². The highest BCUT2D eigenvalue weighted by atomic mass is 16.2. The van der Waals surface area contributed by atoms with Crippen LogP contribution in [0.25, 0.3) is 10.8 Å². The molecule has 0 spiro atoms. The average Bonchev–Trinajstić information content (AvgIpc) is 2.98. The number of carbonyl (C=O) groups excluding carboxylic acids is 1. The lowest BCUT2D eigenvalue weighted by Gasteiger charge is -2.23. The van der Waals surface area contributed by atoms with Crippen LogP contribution < -0.4 is 0 Å². The van der Waals surface area contributed by atoms with Gasteiger partial charge in [0.25, 0.3) is 5.91 Å². The van der Waals surface area contributed by atoms with Crippen molar-refractivity contribution in [3.8, 4) is 0 Å². The second-order valence-corrected chi connectivity index (χ2v) is 5.86. The molecule has 0 atom stereocenters. The number of nitrogens with zero attached hydrogens (tertiary/aromatic N) is 2. The molecule has 118 valence electrons. The van der Waals surface area contributed by atoms with Crippen LogP contribution in [0, 0.1) is 0 Å². The summed E-state index contributed by atoms with van der Waals surface area (Å²) in [4.78, 5) is 15.0. The Morgan fingerprint density at radius 2 is 1.83 bits per heavy atom. The summed E-state index contributed by atoms with van der Waals surface area (Å²) in [6, 6.07) is 18.1. The number of benzene rings is 2. The molecule has 23 heavy (non-hydrogen) atoms. The number of fused-ring (bicyclic) bond motifs is 1. The predicted molar refractivity (Wildman–Crippen MR) is 94.4 cm³/mol. The number of rotatable bonds is 5. The second-order valence-electron chi connectivity index (χ2n) is 5.86. The summed E-state index contributed by atoms with van der Waals surface area (Å²) in [5.41, 5.74) is 1.93. The molecule has 0 unspecified atom stereocenters. The molecule has 0 saturated heterocycles. The summed E-state index contributed by atoms with van der Waals surface area (Å²) < 4.78 is 2.07. The number of aryl methyl sites for hydroxylation is 1. The van der Waals surface area contributed by atoms with E-state index in [1.54, 1.807) is 0 Å². The van der Waals surface area contributed by atoms with E-state index in [9.17, 15) is 4.79 Å². The van der Waals surface area contributed by atoms with E-state index in [0.29, 0.717) is 6.54 Å². The first kappa shape index (κ1) is 15.3. The number of hydrogen-bond donors (Lipinski definition) is 0. The van der Waals surface area contributed by atoms with E-state index < -0.39 is 0 Å². The van der Waals surface area contributed by atoms with Gasteiger partial charge >= 0.3 is 0 Å². The molecule has 0 fully saturated rings. The van der Waals surface area contributed by atoms with Gasteiger partial charge in [-0.15, -0.1) is 0 Å². The number of carbonyl (C=O) groups is 1. The van der Waals surface area contributed by atoms with Gasteiger partial charge < -0.3 is 9.47 Å². The maximum absolute atomic E-state index is 13.1. The number of aromatic nitrogens is 1. The minimum absolute atomic E-state index is 0.102. The quantitative estimate of drug-likeness (QED) is 0.692. The second kappa shape index (κ2) is 6.69. The lowest BCUT2D eigenvalue weighted by atomic mass is 10.0. The van der Waals surface area contributed by atoms with E-state index in [1.165, 1.54) is 0 Å². The predicted octanol–water partition coefficient (Wildman–Crippen LogP) is 4.23. The molecular weight excluding hydrogens is 284 g/mol. The Balaban J connectivity index is 1.95. The Kier molecular flexibility index (Phi) is 4.47. The highest BCUT2D eigenvalue weighted by molar-refractivity contribution is 6.06. The van der Waals surface area contributed by atoms with Gasteiger partial charge in [-0.05, 0) is 35.4 Å². The molecule has 3 nitrogen and oxygen atoms in total. The molecule has 0 bridgehead atoms. The zero-order chi connectivity index (χ0) is 16.2. The minimum atomic E-state index is 0.102. The van der Waals surface area contributed by atoms with Gasteiger partial charge in [0.05, 0.1) is 6.54 Å². The SMILES string of the molecule is CCCN(Cc1cccn1C)C(=O)c1cccc2ccccc12. The van der Waals surface area contributed by atoms with Crippen molar-refractivity contribution in [2.24, 2.45) is 7.05 Å². The van der Waals surface area contributed by atoms with E-state index >= 15 is 0 Å². The molecule has 3 aromatic rings. The summed E-state index contributed by atoms with van der Waals surface area (Å²) in [5.74, 6) is 0.102. The molecule has 0 radical (unpaired) electrons. The molecule has 1 heterocycles. The molecular formula is C20H22N2O. The minimum Gasteiger partial charge on any atom is -0.353 e. The maximum Gasteiger partial charge on any atom is 0.254 e. The zero-order valence-corrected chi connectivity index (χ0v) is 13.7. The van der Waals surface area contributed by atoms with E-state index in [0.717, 1.165) is 35.0 Å². The molecule has 0 N–H and O–H groups in total. The van der Waals surface area contributed by atoms with Gasteiger partial charge in [-0.2, -0.15) is 0 Å². The van der Waals surface area contributed by atoms with Crippen LogP contribution in [0.5, 0.6) is 0 Å². The fraction of sp³-hybridized carbons (Fsp3) is 0.250. The third kappa shape index (κ3) is 3.14. The normalized spacial score (nSPS) is 10.9.